The minimum atomic E-state index is -0.845. The van der Waals surface area contributed by atoms with Crippen LogP contribution in [0.15, 0.2) is 60.7 Å². The molecule has 4 fully saturated rings. The zero-order valence-electron chi connectivity index (χ0n) is 32.4. The van der Waals surface area contributed by atoms with Crippen LogP contribution in [0.3, 0.4) is 0 Å². The van der Waals surface area contributed by atoms with E-state index in [9.17, 15) is 20.1 Å². The minimum absolute atomic E-state index is 0.197. The van der Waals surface area contributed by atoms with Gasteiger partial charge in [-0.15, -0.1) is 0 Å². The second-order valence-electron chi connectivity index (χ2n) is 16.6. The lowest BCUT2D eigenvalue weighted by Crippen LogP contribution is -2.54. The average molecular weight is 864 g/mol. The minimum Gasteiger partial charge on any atom is -0.490 e. The number of benzene rings is 3. The van der Waals surface area contributed by atoms with E-state index in [1.54, 1.807) is 24.3 Å². The number of likely N-dealkylation sites (tertiary alicyclic amines) is 3. The molecule has 0 amide bonds. The van der Waals surface area contributed by atoms with Crippen molar-refractivity contribution < 1.29 is 29.6 Å². The van der Waals surface area contributed by atoms with Gasteiger partial charge in [0, 0.05) is 51.4 Å². The van der Waals surface area contributed by atoms with Gasteiger partial charge >= 0.3 is 5.97 Å². The number of halogens is 4. The molecule has 5 aliphatic rings. The maximum absolute atomic E-state index is 12.5. The van der Waals surface area contributed by atoms with Gasteiger partial charge in [0.05, 0.1) is 32.3 Å². The van der Waals surface area contributed by atoms with Crippen LogP contribution in [0, 0.1) is 11.8 Å². The van der Waals surface area contributed by atoms with E-state index < -0.39 is 23.7 Å². The van der Waals surface area contributed by atoms with E-state index in [2.05, 4.69) is 20.8 Å². The van der Waals surface area contributed by atoms with Crippen LogP contribution in [0.2, 0.25) is 20.1 Å². The lowest BCUT2D eigenvalue weighted by Gasteiger charge is -2.44. The molecule has 3 atom stereocenters. The number of carboxylic acid groups (broad SMARTS) is 1. The molecule has 3 aromatic carbocycles. The molecule has 0 radical (unpaired) electrons. The van der Waals surface area contributed by atoms with Gasteiger partial charge in [0.15, 0.2) is 0 Å². The van der Waals surface area contributed by atoms with E-state index in [0.29, 0.717) is 51.2 Å². The second-order valence-corrected chi connectivity index (χ2v) is 18.2. The maximum Gasteiger partial charge on any atom is 0.328 e. The standard InChI is InChI=1S/C27H32Cl2N2O3.C17H23Cl2NO3/c28-24-6-5-22(17-25(24)29)34-21-10-13-30(14-11-21)18-19-8-15-31(16-9-19)27(26(32)33)12-7-20-3-1-2-4-23(20)27;18-14-2-1-13(9-15(14)19)23-12-3-5-20(6-4-12)10-11-7-16(21)17(22)8-11/h1-6,17,19,21H,7-16,18H2,(H,32,33);1-2,9,11-12,16-17,21-22H,3-8,10H2. The van der Waals surface area contributed by atoms with Gasteiger partial charge in [-0.25, -0.2) is 4.79 Å². The van der Waals surface area contributed by atoms with E-state index in [-0.39, 0.29) is 12.2 Å². The molecule has 8 rings (SSSR count). The fraction of sp³-hybridized carbons (Fsp3) is 0.568. The highest BCUT2D eigenvalue weighted by molar-refractivity contribution is 6.42. The van der Waals surface area contributed by atoms with Crippen molar-refractivity contribution in [3.8, 4) is 11.5 Å². The number of aryl methyl sites for hydroxylation is 1. The van der Waals surface area contributed by atoms with E-state index in [1.807, 2.05) is 30.3 Å². The van der Waals surface area contributed by atoms with Crippen LogP contribution < -0.4 is 9.47 Å². The van der Waals surface area contributed by atoms with Crippen molar-refractivity contribution in [2.45, 2.75) is 94.2 Å². The van der Waals surface area contributed by atoms with Crippen LogP contribution >= 0.6 is 46.4 Å². The molecule has 3 aliphatic heterocycles. The van der Waals surface area contributed by atoms with E-state index in [1.165, 1.54) is 5.56 Å². The first kappa shape index (κ1) is 42.8. The highest BCUT2D eigenvalue weighted by Gasteiger charge is 2.50. The van der Waals surface area contributed by atoms with Gasteiger partial charge in [0.25, 0.3) is 0 Å². The first-order chi connectivity index (χ1) is 27.5. The number of nitrogens with zero attached hydrogens (tertiary/aromatic N) is 3. The molecule has 3 unspecified atom stereocenters. The van der Waals surface area contributed by atoms with Crippen LogP contribution in [-0.2, 0) is 16.8 Å². The first-order valence-electron chi connectivity index (χ1n) is 20.6. The molecule has 3 heterocycles. The van der Waals surface area contributed by atoms with Crippen LogP contribution in [0.5, 0.6) is 11.5 Å². The van der Waals surface area contributed by atoms with Crippen LogP contribution in [0.25, 0.3) is 0 Å². The summed E-state index contributed by atoms with van der Waals surface area (Å²) in [6.07, 6.45) is 8.30. The quantitative estimate of drug-likeness (QED) is 0.185. The normalized spacial score (nSPS) is 26.8. The number of hydrogen-bond acceptors (Lipinski definition) is 8. The van der Waals surface area contributed by atoms with Crippen LogP contribution in [0.1, 0.15) is 68.9 Å². The smallest absolute Gasteiger partial charge is 0.328 e. The summed E-state index contributed by atoms with van der Waals surface area (Å²) in [5.74, 6) is 1.86. The SMILES string of the molecule is O=C(O)C1(N2CCC(CN3CCC(Oc4ccc(Cl)c(Cl)c4)CC3)CC2)CCc2ccccc21.OC1CC(CN2CCC(Oc3ccc(Cl)c(Cl)c3)CC2)CC1O. The summed E-state index contributed by atoms with van der Waals surface area (Å²) >= 11 is 24.0. The first-order valence-corrected chi connectivity index (χ1v) is 22.1. The summed E-state index contributed by atoms with van der Waals surface area (Å²) in [5, 5.41) is 31.7. The highest BCUT2D eigenvalue weighted by Crippen LogP contribution is 2.44. The molecule has 310 valence electrons. The molecule has 2 aliphatic carbocycles. The molecular weight excluding hydrogens is 808 g/mol. The van der Waals surface area contributed by atoms with Gasteiger partial charge < -0.3 is 34.6 Å². The monoisotopic (exact) mass is 861 g/mol. The van der Waals surface area contributed by atoms with Crippen molar-refractivity contribution in [3.05, 3.63) is 91.9 Å². The van der Waals surface area contributed by atoms with E-state index in [4.69, 9.17) is 55.9 Å². The summed E-state index contributed by atoms with van der Waals surface area (Å²) in [4.78, 5) is 19.7. The Kier molecular flexibility index (Phi) is 14.6. The third-order valence-corrected chi connectivity index (χ3v) is 14.3. The predicted octanol–water partition coefficient (Wildman–Crippen LogP) is 8.44. The highest BCUT2D eigenvalue weighted by atomic mass is 35.5. The van der Waals surface area contributed by atoms with Gasteiger partial charge in [-0.1, -0.05) is 70.7 Å². The Hall–Kier alpha value is -2.31. The van der Waals surface area contributed by atoms with Crippen molar-refractivity contribution in [2.24, 2.45) is 11.8 Å². The molecule has 0 bridgehead atoms. The molecule has 1 saturated carbocycles. The van der Waals surface area contributed by atoms with E-state index in [0.717, 1.165) is 114 Å². The maximum atomic E-state index is 12.5. The van der Waals surface area contributed by atoms with Crippen molar-refractivity contribution in [2.75, 3.05) is 52.4 Å². The zero-order valence-corrected chi connectivity index (χ0v) is 35.4. The van der Waals surface area contributed by atoms with Gasteiger partial charge in [0.1, 0.15) is 29.2 Å². The largest absolute Gasteiger partial charge is 0.490 e. The fourth-order valence-corrected chi connectivity index (χ4v) is 10.2. The third-order valence-electron chi connectivity index (χ3n) is 12.8. The number of carbonyl (C=O) groups is 1. The Morgan fingerprint density at radius 2 is 1.14 bits per heavy atom. The zero-order chi connectivity index (χ0) is 40.1. The molecule has 0 spiro atoms. The van der Waals surface area contributed by atoms with Gasteiger partial charge in [-0.05, 0) is 125 Å². The number of aliphatic hydroxyl groups excluding tert-OH is 2. The van der Waals surface area contributed by atoms with E-state index >= 15 is 0 Å². The summed E-state index contributed by atoms with van der Waals surface area (Å²) < 4.78 is 12.1. The number of rotatable bonds is 10. The molecule has 3 aromatic rings. The summed E-state index contributed by atoms with van der Waals surface area (Å²) in [6.45, 7) is 7.75. The second kappa shape index (κ2) is 19.4. The molecular formula is C44H55Cl4N3O6. The van der Waals surface area contributed by atoms with Crippen molar-refractivity contribution in [1.82, 2.24) is 14.7 Å². The van der Waals surface area contributed by atoms with Crippen LogP contribution in [0.4, 0.5) is 0 Å². The lowest BCUT2D eigenvalue weighted by atomic mass is 9.85. The molecule has 0 aromatic heterocycles. The summed E-state index contributed by atoms with van der Waals surface area (Å²) in [6, 6.07) is 18.9. The molecule has 13 heteroatoms. The van der Waals surface area contributed by atoms with Crippen molar-refractivity contribution in [3.63, 3.8) is 0 Å². The average Bonchev–Trinajstić information content (AvgIpc) is 3.76. The molecule has 57 heavy (non-hydrogen) atoms. The fourth-order valence-electron chi connectivity index (χ4n) is 9.65. The molecule has 3 saturated heterocycles. The number of hydrogen-bond donors (Lipinski definition) is 3. The number of piperidine rings is 3. The lowest BCUT2D eigenvalue weighted by molar-refractivity contribution is -0.154. The Bertz CT molecular complexity index is 1800. The Labute approximate surface area is 356 Å². The predicted molar refractivity (Wildman–Crippen MR) is 226 cm³/mol. The topological polar surface area (TPSA) is 106 Å². The van der Waals surface area contributed by atoms with Gasteiger partial charge in [0.2, 0.25) is 0 Å². The Morgan fingerprint density at radius 1 is 0.649 bits per heavy atom. The number of aliphatic carboxylic acids is 1. The number of fused-ring (bicyclic) bond motifs is 1. The summed E-state index contributed by atoms with van der Waals surface area (Å²) in [7, 11) is 0. The summed E-state index contributed by atoms with van der Waals surface area (Å²) in [5.41, 5.74) is 1.35. The molecule has 9 nitrogen and oxygen atoms in total. The number of ether oxygens (including phenoxy) is 2. The molecule has 3 N–H and O–H groups in total. The van der Waals surface area contributed by atoms with Crippen molar-refractivity contribution >= 4 is 52.4 Å². The third kappa shape index (κ3) is 10.5. The number of aliphatic hydroxyl groups is 2. The Balaban J connectivity index is 0.000000188. The number of carboxylic acids is 1. The Morgan fingerprint density at radius 3 is 1.63 bits per heavy atom. The van der Waals surface area contributed by atoms with Crippen molar-refractivity contribution in [1.29, 1.82) is 0 Å². The van der Waals surface area contributed by atoms with Gasteiger partial charge in [-0.3, -0.25) is 4.90 Å². The van der Waals surface area contributed by atoms with Crippen LogP contribution in [-0.4, -0.2) is 113 Å². The van der Waals surface area contributed by atoms with Gasteiger partial charge in [-0.2, -0.15) is 0 Å².